The summed E-state index contributed by atoms with van der Waals surface area (Å²) in [6, 6.07) is 0.548. The molecule has 1 N–H and O–H groups in total. The second-order valence-corrected chi connectivity index (χ2v) is 6.24. The molecule has 1 aromatic heterocycles. The fraction of sp³-hybridized carbons (Fsp3) is 0.769. The molecule has 0 radical (unpaired) electrons. The number of hydrogen-bond acceptors (Lipinski definition) is 4. The van der Waals surface area contributed by atoms with Crippen LogP contribution in [0.1, 0.15) is 36.8 Å². The molecule has 4 atom stereocenters. The van der Waals surface area contributed by atoms with Crippen molar-refractivity contribution >= 4 is 11.3 Å². The van der Waals surface area contributed by atoms with E-state index in [1.54, 1.807) is 11.3 Å². The summed E-state index contributed by atoms with van der Waals surface area (Å²) in [5, 5.41) is 3.64. The maximum atomic E-state index is 5.92. The lowest BCUT2D eigenvalue weighted by molar-refractivity contribution is 0.0869. The fourth-order valence-electron chi connectivity index (χ4n) is 3.10. The van der Waals surface area contributed by atoms with Crippen LogP contribution in [0.2, 0.25) is 0 Å². The third-order valence-corrected chi connectivity index (χ3v) is 5.16. The van der Waals surface area contributed by atoms with E-state index in [1.165, 1.54) is 29.8 Å². The number of hydrogen-bond donors (Lipinski definition) is 1. The van der Waals surface area contributed by atoms with E-state index in [1.807, 2.05) is 5.51 Å². The predicted molar refractivity (Wildman–Crippen MR) is 69.2 cm³/mol. The molecule has 0 aliphatic carbocycles. The smallest absolute Gasteiger partial charge is 0.0798 e. The summed E-state index contributed by atoms with van der Waals surface area (Å²) in [5.74, 6) is 0.710. The van der Waals surface area contributed by atoms with E-state index >= 15 is 0 Å². The van der Waals surface area contributed by atoms with Crippen molar-refractivity contribution < 1.29 is 4.74 Å². The van der Waals surface area contributed by atoms with Crippen LogP contribution in [0.3, 0.4) is 0 Å². The highest BCUT2D eigenvalue weighted by molar-refractivity contribution is 7.09. The largest absolute Gasteiger partial charge is 0.375 e. The number of ether oxygens (including phenoxy) is 1. The van der Waals surface area contributed by atoms with E-state index in [-0.39, 0.29) is 0 Å². The molecule has 0 saturated carbocycles. The molecule has 3 rings (SSSR count). The van der Waals surface area contributed by atoms with Gasteiger partial charge in [-0.3, -0.25) is 0 Å². The Kier molecular flexibility index (Phi) is 3.19. The van der Waals surface area contributed by atoms with Crippen molar-refractivity contribution in [2.24, 2.45) is 5.92 Å². The second-order valence-electron chi connectivity index (χ2n) is 5.30. The average Bonchev–Trinajstić information content (AvgIpc) is 3.01. The van der Waals surface area contributed by atoms with Crippen LogP contribution < -0.4 is 5.32 Å². The van der Waals surface area contributed by atoms with E-state index in [0.717, 1.165) is 6.54 Å². The molecule has 4 unspecified atom stereocenters. The molecule has 0 aromatic carbocycles. The van der Waals surface area contributed by atoms with Crippen LogP contribution in [-0.4, -0.2) is 23.2 Å². The average molecular weight is 252 g/mol. The van der Waals surface area contributed by atoms with Gasteiger partial charge in [-0.2, -0.15) is 0 Å². The minimum atomic E-state index is 0.519. The molecule has 2 aliphatic rings. The lowest BCUT2D eigenvalue weighted by atomic mass is 9.84. The number of aromatic nitrogens is 1. The van der Waals surface area contributed by atoms with Crippen LogP contribution in [0.15, 0.2) is 5.51 Å². The Morgan fingerprint density at radius 1 is 1.59 bits per heavy atom. The van der Waals surface area contributed by atoms with Crippen LogP contribution in [0, 0.1) is 12.8 Å². The van der Waals surface area contributed by atoms with E-state index < -0.39 is 0 Å². The zero-order chi connectivity index (χ0) is 11.8. The highest BCUT2D eigenvalue weighted by Crippen LogP contribution is 2.40. The Morgan fingerprint density at radius 2 is 2.47 bits per heavy atom. The molecular weight excluding hydrogens is 232 g/mol. The molecule has 94 valence electrons. The van der Waals surface area contributed by atoms with Crippen molar-refractivity contribution in [3.63, 3.8) is 0 Å². The van der Waals surface area contributed by atoms with E-state index in [9.17, 15) is 0 Å². The fourth-order valence-corrected chi connectivity index (χ4v) is 3.83. The van der Waals surface area contributed by atoms with Gasteiger partial charge in [-0.1, -0.05) is 0 Å². The summed E-state index contributed by atoms with van der Waals surface area (Å²) >= 11 is 1.74. The zero-order valence-corrected chi connectivity index (χ0v) is 11.3. The molecule has 1 aromatic rings. The maximum absolute atomic E-state index is 5.92. The third kappa shape index (κ3) is 2.26. The van der Waals surface area contributed by atoms with E-state index in [0.29, 0.717) is 24.2 Å². The lowest BCUT2D eigenvalue weighted by Gasteiger charge is -2.26. The first-order valence-corrected chi connectivity index (χ1v) is 7.40. The van der Waals surface area contributed by atoms with Crippen molar-refractivity contribution in [3.05, 3.63) is 16.1 Å². The van der Waals surface area contributed by atoms with Crippen LogP contribution >= 0.6 is 11.3 Å². The van der Waals surface area contributed by atoms with Gasteiger partial charge in [-0.05, 0) is 33.1 Å². The SMILES string of the molecule is Cc1ncsc1CNC(C)C1CC2CCC1O2. The summed E-state index contributed by atoms with van der Waals surface area (Å²) in [4.78, 5) is 5.65. The van der Waals surface area contributed by atoms with Crippen molar-refractivity contribution in [2.45, 2.75) is 57.9 Å². The molecule has 17 heavy (non-hydrogen) atoms. The van der Waals surface area contributed by atoms with Crippen molar-refractivity contribution in [2.75, 3.05) is 0 Å². The number of rotatable bonds is 4. The Bertz CT molecular complexity index is 393. The zero-order valence-electron chi connectivity index (χ0n) is 10.5. The Balaban J connectivity index is 1.54. The summed E-state index contributed by atoms with van der Waals surface area (Å²) in [7, 11) is 0. The van der Waals surface area contributed by atoms with Crippen LogP contribution in [-0.2, 0) is 11.3 Å². The van der Waals surface area contributed by atoms with Gasteiger partial charge in [0.05, 0.1) is 23.4 Å². The molecule has 2 fully saturated rings. The van der Waals surface area contributed by atoms with Crippen molar-refractivity contribution in [3.8, 4) is 0 Å². The molecule has 3 heterocycles. The Labute approximate surface area is 107 Å². The summed E-state index contributed by atoms with van der Waals surface area (Å²) in [6.07, 6.45) is 4.87. The number of fused-ring (bicyclic) bond motifs is 2. The summed E-state index contributed by atoms with van der Waals surface area (Å²) in [6.45, 7) is 5.33. The molecule has 2 saturated heterocycles. The third-order valence-electron chi connectivity index (χ3n) is 4.22. The van der Waals surface area contributed by atoms with Gasteiger partial charge in [0.25, 0.3) is 0 Å². The van der Waals surface area contributed by atoms with Gasteiger partial charge in [0.15, 0.2) is 0 Å². The normalized spacial score (nSPS) is 33.2. The highest BCUT2D eigenvalue weighted by Gasteiger charge is 2.42. The molecular formula is C13H20N2OS. The number of aryl methyl sites for hydroxylation is 1. The Morgan fingerprint density at radius 3 is 3.06 bits per heavy atom. The second kappa shape index (κ2) is 4.67. The number of nitrogens with one attached hydrogen (secondary N) is 1. The summed E-state index contributed by atoms with van der Waals surface area (Å²) in [5.41, 5.74) is 3.09. The van der Waals surface area contributed by atoms with Gasteiger partial charge >= 0.3 is 0 Å². The maximum Gasteiger partial charge on any atom is 0.0798 e. The molecule has 4 heteroatoms. The number of nitrogens with zero attached hydrogens (tertiary/aromatic N) is 1. The van der Waals surface area contributed by atoms with Gasteiger partial charge in [-0.25, -0.2) is 4.98 Å². The first kappa shape index (κ1) is 11.6. The standard InChI is InChI=1S/C13H20N2OS/c1-8(11-5-10-3-4-12(11)16-10)14-6-13-9(2)15-7-17-13/h7-8,10-12,14H,3-6H2,1-2H3. The quantitative estimate of drug-likeness (QED) is 0.894. The van der Waals surface area contributed by atoms with Crippen molar-refractivity contribution in [1.82, 2.24) is 10.3 Å². The van der Waals surface area contributed by atoms with Gasteiger partial charge in [0.1, 0.15) is 0 Å². The monoisotopic (exact) mass is 252 g/mol. The van der Waals surface area contributed by atoms with Gasteiger partial charge < -0.3 is 10.1 Å². The molecule has 3 nitrogen and oxygen atoms in total. The predicted octanol–water partition coefficient (Wildman–Crippen LogP) is 2.50. The molecule has 2 bridgehead atoms. The van der Waals surface area contributed by atoms with E-state index in [4.69, 9.17) is 4.74 Å². The summed E-state index contributed by atoms with van der Waals surface area (Å²) < 4.78 is 5.92. The van der Waals surface area contributed by atoms with Gasteiger partial charge in [-0.15, -0.1) is 11.3 Å². The van der Waals surface area contributed by atoms with Crippen LogP contribution in [0.25, 0.3) is 0 Å². The van der Waals surface area contributed by atoms with Crippen LogP contribution in [0.5, 0.6) is 0 Å². The topological polar surface area (TPSA) is 34.2 Å². The minimum Gasteiger partial charge on any atom is -0.375 e. The lowest BCUT2D eigenvalue weighted by Crippen LogP contribution is -2.38. The first-order valence-electron chi connectivity index (χ1n) is 6.52. The Hall–Kier alpha value is -0.450. The minimum absolute atomic E-state index is 0.519. The van der Waals surface area contributed by atoms with E-state index in [2.05, 4.69) is 24.1 Å². The van der Waals surface area contributed by atoms with Crippen molar-refractivity contribution in [1.29, 1.82) is 0 Å². The van der Waals surface area contributed by atoms with Gasteiger partial charge in [0.2, 0.25) is 0 Å². The number of thiazole rings is 1. The highest BCUT2D eigenvalue weighted by atomic mass is 32.1. The van der Waals surface area contributed by atoms with Crippen LogP contribution in [0.4, 0.5) is 0 Å². The van der Waals surface area contributed by atoms with Gasteiger partial charge in [0, 0.05) is 23.4 Å². The first-order chi connectivity index (χ1) is 8.24. The molecule has 2 aliphatic heterocycles. The molecule has 0 amide bonds. The molecule has 0 spiro atoms.